The van der Waals surface area contributed by atoms with Crippen LogP contribution in [0.15, 0.2) is 16.5 Å². The SMILES string of the molecule is Cc1ccc(CN2CC[C@@H]3C[C@@H](C(=O)N4CCCO4)O[C@H]3C2)o1. The zero-order valence-corrected chi connectivity index (χ0v) is 13.6. The third-order valence-corrected chi connectivity index (χ3v) is 5.09. The van der Waals surface area contributed by atoms with Crippen molar-refractivity contribution in [3.63, 3.8) is 0 Å². The van der Waals surface area contributed by atoms with Crippen molar-refractivity contribution in [3.8, 4) is 0 Å². The topological polar surface area (TPSA) is 55.2 Å². The second-order valence-corrected chi connectivity index (χ2v) is 6.82. The van der Waals surface area contributed by atoms with E-state index in [1.807, 2.05) is 19.1 Å². The minimum Gasteiger partial charge on any atom is -0.465 e. The van der Waals surface area contributed by atoms with Crippen LogP contribution in [0.1, 0.15) is 30.8 Å². The molecular formula is C17H24N2O4. The largest absolute Gasteiger partial charge is 0.465 e. The van der Waals surface area contributed by atoms with Gasteiger partial charge in [0.25, 0.3) is 5.91 Å². The van der Waals surface area contributed by atoms with E-state index in [9.17, 15) is 4.79 Å². The number of carbonyl (C=O) groups is 1. The average molecular weight is 320 g/mol. The van der Waals surface area contributed by atoms with Crippen LogP contribution in [-0.2, 0) is 20.9 Å². The number of hydroxylamine groups is 2. The van der Waals surface area contributed by atoms with Gasteiger partial charge < -0.3 is 9.15 Å². The summed E-state index contributed by atoms with van der Waals surface area (Å²) < 4.78 is 11.7. The second-order valence-electron chi connectivity index (χ2n) is 6.82. The van der Waals surface area contributed by atoms with E-state index in [0.29, 0.717) is 19.1 Å². The summed E-state index contributed by atoms with van der Waals surface area (Å²) in [6.45, 7) is 6.01. The van der Waals surface area contributed by atoms with E-state index >= 15 is 0 Å². The van der Waals surface area contributed by atoms with E-state index in [1.165, 1.54) is 5.06 Å². The minimum atomic E-state index is -0.325. The first-order valence-corrected chi connectivity index (χ1v) is 8.56. The van der Waals surface area contributed by atoms with Gasteiger partial charge in [-0.25, -0.2) is 5.06 Å². The maximum atomic E-state index is 12.4. The van der Waals surface area contributed by atoms with Crippen molar-refractivity contribution in [3.05, 3.63) is 23.7 Å². The first kappa shape index (κ1) is 15.2. The highest BCUT2D eigenvalue weighted by Gasteiger charge is 2.43. The zero-order valence-electron chi connectivity index (χ0n) is 13.6. The molecule has 0 aliphatic carbocycles. The molecule has 0 spiro atoms. The molecule has 6 heteroatoms. The fraction of sp³-hybridized carbons (Fsp3) is 0.706. The van der Waals surface area contributed by atoms with Crippen LogP contribution in [0.4, 0.5) is 0 Å². The Hall–Kier alpha value is -1.37. The number of likely N-dealkylation sites (tertiary alicyclic amines) is 1. The molecule has 1 aromatic heterocycles. The van der Waals surface area contributed by atoms with Gasteiger partial charge in [-0.2, -0.15) is 0 Å². The molecule has 0 N–H and O–H groups in total. The van der Waals surface area contributed by atoms with Gasteiger partial charge in [0.2, 0.25) is 0 Å². The molecular weight excluding hydrogens is 296 g/mol. The molecule has 3 saturated heterocycles. The number of amides is 1. The van der Waals surface area contributed by atoms with Crippen molar-refractivity contribution in [2.45, 2.75) is 44.9 Å². The lowest BCUT2D eigenvalue weighted by molar-refractivity contribution is -0.180. The Morgan fingerprint density at radius 2 is 2.26 bits per heavy atom. The first-order chi connectivity index (χ1) is 11.2. The predicted octanol–water partition coefficient (Wildman–Crippen LogP) is 1.73. The Bertz CT molecular complexity index is 567. The molecule has 23 heavy (non-hydrogen) atoms. The van der Waals surface area contributed by atoms with Crippen LogP contribution in [0.2, 0.25) is 0 Å². The maximum absolute atomic E-state index is 12.4. The van der Waals surface area contributed by atoms with E-state index in [0.717, 1.165) is 50.4 Å². The van der Waals surface area contributed by atoms with Crippen molar-refractivity contribution < 1.29 is 18.8 Å². The Kier molecular flexibility index (Phi) is 4.13. The highest BCUT2D eigenvalue weighted by Crippen LogP contribution is 2.34. The summed E-state index contributed by atoms with van der Waals surface area (Å²) in [5.74, 6) is 2.44. The first-order valence-electron chi connectivity index (χ1n) is 8.56. The van der Waals surface area contributed by atoms with Crippen LogP contribution in [0.3, 0.4) is 0 Å². The fourth-order valence-electron chi connectivity index (χ4n) is 3.87. The third kappa shape index (κ3) is 3.16. The predicted molar refractivity (Wildman–Crippen MR) is 82.4 cm³/mol. The quantitative estimate of drug-likeness (QED) is 0.849. The molecule has 0 bridgehead atoms. The van der Waals surface area contributed by atoms with Crippen molar-refractivity contribution >= 4 is 5.91 Å². The lowest BCUT2D eigenvalue weighted by Gasteiger charge is -2.33. The van der Waals surface area contributed by atoms with Crippen LogP contribution >= 0.6 is 0 Å². The van der Waals surface area contributed by atoms with Crippen LogP contribution in [0, 0.1) is 12.8 Å². The molecule has 0 aromatic carbocycles. The summed E-state index contributed by atoms with van der Waals surface area (Å²) in [6, 6.07) is 4.03. The van der Waals surface area contributed by atoms with Crippen LogP contribution < -0.4 is 0 Å². The highest BCUT2D eigenvalue weighted by molar-refractivity contribution is 5.80. The minimum absolute atomic E-state index is 0.00473. The second kappa shape index (κ2) is 6.26. The number of rotatable bonds is 3. The van der Waals surface area contributed by atoms with Gasteiger partial charge >= 0.3 is 0 Å². The van der Waals surface area contributed by atoms with E-state index in [2.05, 4.69) is 4.90 Å². The van der Waals surface area contributed by atoms with Crippen molar-refractivity contribution in [1.82, 2.24) is 9.96 Å². The van der Waals surface area contributed by atoms with Crippen molar-refractivity contribution in [2.75, 3.05) is 26.2 Å². The van der Waals surface area contributed by atoms with Gasteiger partial charge in [-0.3, -0.25) is 14.5 Å². The number of nitrogens with zero attached hydrogens (tertiary/aromatic N) is 2. The normalized spacial score (nSPS) is 31.5. The maximum Gasteiger partial charge on any atom is 0.275 e. The van der Waals surface area contributed by atoms with Crippen LogP contribution in [0.5, 0.6) is 0 Å². The Morgan fingerprint density at radius 3 is 3.00 bits per heavy atom. The molecule has 6 nitrogen and oxygen atoms in total. The molecule has 126 valence electrons. The highest BCUT2D eigenvalue weighted by atomic mass is 16.7. The van der Waals surface area contributed by atoms with Crippen LogP contribution in [-0.4, -0.2) is 54.3 Å². The van der Waals surface area contributed by atoms with Gasteiger partial charge in [-0.05, 0) is 50.8 Å². The van der Waals surface area contributed by atoms with E-state index in [-0.39, 0.29) is 18.1 Å². The molecule has 1 aromatic rings. The summed E-state index contributed by atoms with van der Waals surface area (Å²) in [4.78, 5) is 20.1. The molecule has 3 atom stereocenters. The number of hydrogen-bond donors (Lipinski definition) is 0. The van der Waals surface area contributed by atoms with Gasteiger partial charge in [0.05, 0.1) is 25.8 Å². The number of carbonyl (C=O) groups excluding carboxylic acids is 1. The van der Waals surface area contributed by atoms with E-state index in [4.69, 9.17) is 14.0 Å². The Labute approximate surface area is 136 Å². The molecule has 3 fully saturated rings. The number of piperidine rings is 1. The summed E-state index contributed by atoms with van der Waals surface area (Å²) >= 11 is 0. The van der Waals surface area contributed by atoms with Gasteiger partial charge in [0.1, 0.15) is 17.6 Å². The summed E-state index contributed by atoms with van der Waals surface area (Å²) in [6.07, 6.45) is 2.65. The summed E-state index contributed by atoms with van der Waals surface area (Å²) in [5, 5.41) is 1.49. The Balaban J connectivity index is 1.34. The number of fused-ring (bicyclic) bond motifs is 1. The molecule has 0 radical (unpaired) electrons. The van der Waals surface area contributed by atoms with Gasteiger partial charge in [0.15, 0.2) is 0 Å². The molecule has 4 heterocycles. The monoisotopic (exact) mass is 320 g/mol. The van der Waals surface area contributed by atoms with Gasteiger partial charge in [0, 0.05) is 6.54 Å². The van der Waals surface area contributed by atoms with Crippen molar-refractivity contribution in [1.29, 1.82) is 0 Å². The summed E-state index contributed by atoms with van der Waals surface area (Å²) in [7, 11) is 0. The van der Waals surface area contributed by atoms with Gasteiger partial charge in [-0.1, -0.05) is 0 Å². The smallest absolute Gasteiger partial charge is 0.275 e. The third-order valence-electron chi connectivity index (χ3n) is 5.09. The number of hydrogen-bond acceptors (Lipinski definition) is 5. The molecule has 1 amide bonds. The average Bonchev–Trinajstić information content (AvgIpc) is 3.26. The molecule has 3 aliphatic rings. The summed E-state index contributed by atoms with van der Waals surface area (Å²) in [5.41, 5.74) is 0. The van der Waals surface area contributed by atoms with Crippen molar-refractivity contribution in [2.24, 2.45) is 5.92 Å². The molecule has 3 aliphatic heterocycles. The Morgan fingerprint density at radius 1 is 1.35 bits per heavy atom. The molecule has 4 rings (SSSR count). The zero-order chi connectivity index (χ0) is 15.8. The van der Waals surface area contributed by atoms with Crippen LogP contribution in [0.25, 0.3) is 0 Å². The molecule has 0 unspecified atom stereocenters. The van der Waals surface area contributed by atoms with E-state index in [1.54, 1.807) is 0 Å². The lowest BCUT2D eigenvalue weighted by atomic mass is 9.91. The fourth-order valence-corrected chi connectivity index (χ4v) is 3.87. The molecule has 0 saturated carbocycles. The van der Waals surface area contributed by atoms with E-state index < -0.39 is 0 Å². The number of furan rings is 1. The number of aryl methyl sites for hydroxylation is 1. The van der Waals surface area contributed by atoms with Gasteiger partial charge in [-0.15, -0.1) is 0 Å². The lowest BCUT2D eigenvalue weighted by Crippen LogP contribution is -2.42. The standard InChI is InChI=1S/C17H24N2O4/c1-12-3-4-14(22-12)10-18-7-5-13-9-15(23-16(13)11-18)17(20)19-6-2-8-21-19/h3-4,13,15-16H,2,5-11H2,1H3/t13-,15+,16+/m1/s1. The number of ether oxygens (including phenoxy) is 1.